The van der Waals surface area contributed by atoms with Crippen molar-refractivity contribution in [1.29, 1.82) is 0 Å². The molecule has 0 fully saturated rings. The average Bonchev–Trinajstić information content (AvgIpc) is 2.69. The van der Waals surface area contributed by atoms with E-state index in [4.69, 9.17) is 9.47 Å². The molecule has 1 heterocycles. The van der Waals surface area contributed by atoms with Crippen LogP contribution in [-0.4, -0.2) is 12.9 Å². The van der Waals surface area contributed by atoms with Gasteiger partial charge in [-0.2, -0.15) is 0 Å². The third-order valence-corrected chi connectivity index (χ3v) is 1.91. The Morgan fingerprint density at radius 3 is 2.85 bits per heavy atom. The quantitative estimate of drug-likeness (QED) is 0.657. The first kappa shape index (κ1) is 8.48. The highest BCUT2D eigenvalue weighted by molar-refractivity contribution is 5.13. The predicted molar refractivity (Wildman–Crippen MR) is 50.1 cm³/mol. The lowest BCUT2D eigenvalue weighted by Crippen LogP contribution is -2.09. The molecular formula is C11H12O2. The second-order valence-corrected chi connectivity index (χ2v) is 2.93. The van der Waals surface area contributed by atoms with Crippen LogP contribution >= 0.6 is 0 Å². The van der Waals surface area contributed by atoms with Gasteiger partial charge in [0.05, 0.1) is 13.2 Å². The zero-order valence-electron chi connectivity index (χ0n) is 7.35. The van der Waals surface area contributed by atoms with Crippen LogP contribution in [0.1, 0.15) is 5.56 Å². The van der Waals surface area contributed by atoms with Crippen LogP contribution < -0.4 is 0 Å². The molecule has 68 valence electrons. The summed E-state index contributed by atoms with van der Waals surface area (Å²) in [5.41, 5.74) is 1.17. The van der Waals surface area contributed by atoms with E-state index in [-0.39, 0.29) is 6.29 Å². The summed E-state index contributed by atoms with van der Waals surface area (Å²) in [5.74, 6) is 0. The first-order chi connectivity index (χ1) is 6.45. The summed E-state index contributed by atoms with van der Waals surface area (Å²) >= 11 is 0. The normalized spacial score (nSPS) is 20.8. The Morgan fingerprint density at radius 1 is 1.31 bits per heavy atom. The van der Waals surface area contributed by atoms with Crippen molar-refractivity contribution in [3.63, 3.8) is 0 Å². The number of hydrogen-bond acceptors (Lipinski definition) is 2. The molecule has 0 aromatic heterocycles. The second-order valence-electron chi connectivity index (χ2n) is 2.93. The fraction of sp³-hybridized carbons (Fsp3) is 0.273. The fourth-order valence-corrected chi connectivity index (χ4v) is 1.23. The molecule has 0 radical (unpaired) electrons. The van der Waals surface area contributed by atoms with Gasteiger partial charge in [0.25, 0.3) is 0 Å². The van der Waals surface area contributed by atoms with Crippen LogP contribution in [0, 0.1) is 0 Å². The molecular weight excluding hydrogens is 164 g/mol. The van der Waals surface area contributed by atoms with E-state index in [1.807, 2.05) is 42.5 Å². The predicted octanol–water partition coefficient (Wildman–Crippen LogP) is 2.12. The van der Waals surface area contributed by atoms with Crippen molar-refractivity contribution >= 4 is 0 Å². The first-order valence-corrected chi connectivity index (χ1v) is 4.39. The molecule has 0 saturated carbocycles. The number of ether oxygens (including phenoxy) is 2. The van der Waals surface area contributed by atoms with Crippen LogP contribution in [0.4, 0.5) is 0 Å². The van der Waals surface area contributed by atoms with Gasteiger partial charge in [0.1, 0.15) is 0 Å². The monoisotopic (exact) mass is 176 g/mol. The number of hydrogen-bond donors (Lipinski definition) is 0. The Kier molecular flexibility index (Phi) is 2.75. The summed E-state index contributed by atoms with van der Waals surface area (Å²) in [6, 6.07) is 10.1. The first-order valence-electron chi connectivity index (χ1n) is 4.39. The van der Waals surface area contributed by atoms with Crippen LogP contribution in [0.25, 0.3) is 0 Å². The largest absolute Gasteiger partial charge is 0.345 e. The summed E-state index contributed by atoms with van der Waals surface area (Å²) in [6.45, 7) is 1.27. The zero-order valence-corrected chi connectivity index (χ0v) is 7.35. The summed E-state index contributed by atoms with van der Waals surface area (Å²) < 4.78 is 10.7. The van der Waals surface area contributed by atoms with E-state index < -0.39 is 0 Å². The van der Waals surface area contributed by atoms with Gasteiger partial charge in [-0.05, 0) is 11.6 Å². The molecule has 13 heavy (non-hydrogen) atoms. The molecule has 0 bridgehead atoms. The number of benzene rings is 1. The molecule has 1 aliphatic heterocycles. The summed E-state index contributed by atoms with van der Waals surface area (Å²) in [5, 5.41) is 0. The molecule has 1 aromatic carbocycles. The third-order valence-electron chi connectivity index (χ3n) is 1.91. The van der Waals surface area contributed by atoms with Crippen molar-refractivity contribution < 1.29 is 9.47 Å². The van der Waals surface area contributed by atoms with Gasteiger partial charge in [-0.15, -0.1) is 0 Å². The lowest BCUT2D eigenvalue weighted by atomic mass is 10.2. The molecule has 1 unspecified atom stereocenters. The van der Waals surface area contributed by atoms with Crippen LogP contribution in [0.2, 0.25) is 0 Å². The van der Waals surface area contributed by atoms with Crippen molar-refractivity contribution in [3.8, 4) is 0 Å². The Labute approximate surface area is 77.8 Å². The lowest BCUT2D eigenvalue weighted by Gasteiger charge is -2.09. The van der Waals surface area contributed by atoms with Crippen molar-refractivity contribution in [1.82, 2.24) is 0 Å². The molecule has 0 aliphatic carbocycles. The van der Waals surface area contributed by atoms with Crippen LogP contribution in [0.3, 0.4) is 0 Å². The van der Waals surface area contributed by atoms with Gasteiger partial charge in [0.2, 0.25) is 0 Å². The van der Waals surface area contributed by atoms with E-state index in [1.165, 1.54) is 5.56 Å². The summed E-state index contributed by atoms with van der Waals surface area (Å²) in [6.07, 6.45) is 3.75. The van der Waals surface area contributed by atoms with Crippen molar-refractivity contribution in [2.24, 2.45) is 0 Å². The minimum absolute atomic E-state index is 0.153. The van der Waals surface area contributed by atoms with Gasteiger partial charge in [0.15, 0.2) is 6.29 Å². The zero-order chi connectivity index (χ0) is 8.93. The highest BCUT2D eigenvalue weighted by Gasteiger charge is 2.08. The Bertz CT molecular complexity index is 279. The maximum absolute atomic E-state index is 5.48. The fourth-order valence-electron chi connectivity index (χ4n) is 1.23. The Balaban J connectivity index is 1.82. The highest BCUT2D eigenvalue weighted by Crippen LogP contribution is 2.08. The van der Waals surface area contributed by atoms with E-state index in [0.717, 1.165) is 0 Å². The molecule has 2 rings (SSSR count). The molecule has 1 aliphatic rings. The Hall–Kier alpha value is -1.12. The molecule has 2 nitrogen and oxygen atoms in total. The van der Waals surface area contributed by atoms with E-state index in [9.17, 15) is 0 Å². The van der Waals surface area contributed by atoms with Gasteiger partial charge in [-0.1, -0.05) is 36.4 Å². The third kappa shape index (κ3) is 2.41. The van der Waals surface area contributed by atoms with Gasteiger partial charge >= 0.3 is 0 Å². The van der Waals surface area contributed by atoms with Gasteiger partial charge in [-0.25, -0.2) is 0 Å². The number of rotatable bonds is 3. The second kappa shape index (κ2) is 4.21. The Morgan fingerprint density at radius 2 is 2.15 bits per heavy atom. The van der Waals surface area contributed by atoms with Crippen molar-refractivity contribution in [3.05, 3.63) is 48.0 Å². The smallest absolute Gasteiger partial charge is 0.177 e. The summed E-state index contributed by atoms with van der Waals surface area (Å²) in [7, 11) is 0. The minimum atomic E-state index is -0.153. The highest BCUT2D eigenvalue weighted by atomic mass is 16.7. The molecule has 0 spiro atoms. The summed E-state index contributed by atoms with van der Waals surface area (Å²) in [4.78, 5) is 0. The van der Waals surface area contributed by atoms with Gasteiger partial charge in [-0.3, -0.25) is 0 Å². The molecule has 2 heteroatoms. The van der Waals surface area contributed by atoms with Crippen molar-refractivity contribution in [2.75, 3.05) is 6.61 Å². The molecule has 1 atom stereocenters. The molecule has 1 aromatic rings. The van der Waals surface area contributed by atoms with Gasteiger partial charge in [0, 0.05) is 0 Å². The van der Waals surface area contributed by atoms with Crippen LogP contribution in [0.5, 0.6) is 0 Å². The minimum Gasteiger partial charge on any atom is -0.345 e. The van der Waals surface area contributed by atoms with E-state index in [2.05, 4.69) is 0 Å². The molecule has 0 N–H and O–H groups in total. The topological polar surface area (TPSA) is 18.5 Å². The van der Waals surface area contributed by atoms with Crippen molar-refractivity contribution in [2.45, 2.75) is 12.9 Å². The van der Waals surface area contributed by atoms with Crippen LogP contribution in [-0.2, 0) is 16.1 Å². The van der Waals surface area contributed by atoms with Crippen LogP contribution in [0.15, 0.2) is 42.5 Å². The van der Waals surface area contributed by atoms with E-state index in [0.29, 0.717) is 13.2 Å². The average molecular weight is 176 g/mol. The maximum Gasteiger partial charge on any atom is 0.177 e. The van der Waals surface area contributed by atoms with E-state index >= 15 is 0 Å². The molecule has 0 saturated heterocycles. The molecule has 0 amide bonds. The van der Waals surface area contributed by atoms with Gasteiger partial charge < -0.3 is 9.47 Å². The maximum atomic E-state index is 5.48. The van der Waals surface area contributed by atoms with E-state index in [1.54, 1.807) is 0 Å². The SMILES string of the molecule is C1=CC(OCc2ccccc2)OC1. The standard InChI is InChI=1S/C11H12O2/c1-2-5-10(6-3-1)9-13-11-7-4-8-12-11/h1-7,11H,8-9H2. The lowest BCUT2D eigenvalue weighted by molar-refractivity contribution is -0.0996.